The van der Waals surface area contributed by atoms with Crippen molar-refractivity contribution in [2.24, 2.45) is 0 Å². The molecular formula is C9H16O2. The third-order valence-electron chi connectivity index (χ3n) is 1.89. The van der Waals surface area contributed by atoms with E-state index in [1.165, 1.54) is 24.8 Å². The standard InChI is InChI=1S/C9H16O2/c1-8(10)11-7-9-5-3-2-4-6-9/h5,8,10H,2-4,6-7H2,1H3/t8-/m1/s1. The molecular weight excluding hydrogens is 140 g/mol. The van der Waals surface area contributed by atoms with Gasteiger partial charge < -0.3 is 9.84 Å². The summed E-state index contributed by atoms with van der Waals surface area (Å²) in [6.07, 6.45) is 6.50. The van der Waals surface area contributed by atoms with Crippen LogP contribution in [0.15, 0.2) is 11.6 Å². The number of hydrogen-bond donors (Lipinski definition) is 1. The SMILES string of the molecule is C[C@H](O)OCC1=CCCCC1. The van der Waals surface area contributed by atoms with Crippen molar-refractivity contribution < 1.29 is 9.84 Å². The number of allylic oxidation sites excluding steroid dienone is 1. The van der Waals surface area contributed by atoms with E-state index >= 15 is 0 Å². The maximum atomic E-state index is 8.83. The molecule has 0 aromatic heterocycles. The van der Waals surface area contributed by atoms with E-state index in [4.69, 9.17) is 9.84 Å². The molecule has 2 heteroatoms. The van der Waals surface area contributed by atoms with Gasteiger partial charge in [0.15, 0.2) is 6.29 Å². The molecule has 1 aliphatic rings. The van der Waals surface area contributed by atoms with Crippen LogP contribution in [0.4, 0.5) is 0 Å². The van der Waals surface area contributed by atoms with Crippen LogP contribution in [-0.4, -0.2) is 18.0 Å². The van der Waals surface area contributed by atoms with Gasteiger partial charge in [-0.05, 0) is 38.2 Å². The summed E-state index contributed by atoms with van der Waals surface area (Å²) in [5.74, 6) is 0. The van der Waals surface area contributed by atoms with Crippen LogP contribution in [0.1, 0.15) is 32.6 Å². The highest BCUT2D eigenvalue weighted by molar-refractivity contribution is 5.05. The largest absolute Gasteiger partial charge is 0.368 e. The van der Waals surface area contributed by atoms with Crippen LogP contribution in [0.2, 0.25) is 0 Å². The Bertz CT molecular complexity index is 138. The molecule has 11 heavy (non-hydrogen) atoms. The molecule has 0 aliphatic heterocycles. The molecule has 1 atom stereocenters. The Morgan fingerprint density at radius 2 is 2.45 bits per heavy atom. The summed E-state index contributed by atoms with van der Waals surface area (Å²) in [4.78, 5) is 0. The minimum absolute atomic E-state index is 0.609. The molecule has 0 saturated heterocycles. The molecule has 0 spiro atoms. The van der Waals surface area contributed by atoms with Gasteiger partial charge in [-0.15, -0.1) is 0 Å². The van der Waals surface area contributed by atoms with Crippen molar-refractivity contribution in [2.45, 2.75) is 38.9 Å². The van der Waals surface area contributed by atoms with Crippen LogP contribution < -0.4 is 0 Å². The van der Waals surface area contributed by atoms with Gasteiger partial charge in [-0.1, -0.05) is 6.08 Å². The zero-order valence-corrected chi connectivity index (χ0v) is 7.05. The first-order chi connectivity index (χ1) is 5.29. The van der Waals surface area contributed by atoms with E-state index in [1.54, 1.807) is 6.92 Å². The van der Waals surface area contributed by atoms with Gasteiger partial charge in [0.1, 0.15) is 0 Å². The molecule has 0 radical (unpaired) electrons. The van der Waals surface area contributed by atoms with E-state index in [-0.39, 0.29) is 0 Å². The van der Waals surface area contributed by atoms with E-state index < -0.39 is 6.29 Å². The van der Waals surface area contributed by atoms with Gasteiger partial charge in [-0.25, -0.2) is 0 Å². The van der Waals surface area contributed by atoms with Crippen LogP contribution in [0.5, 0.6) is 0 Å². The predicted molar refractivity (Wildman–Crippen MR) is 44.2 cm³/mol. The third-order valence-corrected chi connectivity index (χ3v) is 1.89. The number of aliphatic hydroxyl groups excluding tert-OH is 1. The Morgan fingerprint density at radius 1 is 1.64 bits per heavy atom. The fourth-order valence-electron chi connectivity index (χ4n) is 1.26. The molecule has 0 heterocycles. The van der Waals surface area contributed by atoms with Gasteiger partial charge in [-0.3, -0.25) is 0 Å². The minimum Gasteiger partial charge on any atom is -0.368 e. The zero-order valence-electron chi connectivity index (χ0n) is 7.05. The van der Waals surface area contributed by atoms with Gasteiger partial charge >= 0.3 is 0 Å². The van der Waals surface area contributed by atoms with Crippen molar-refractivity contribution in [3.63, 3.8) is 0 Å². The quantitative estimate of drug-likeness (QED) is 0.499. The molecule has 0 amide bonds. The fraction of sp³-hybridized carbons (Fsp3) is 0.778. The summed E-state index contributed by atoms with van der Waals surface area (Å²) in [6, 6.07) is 0. The second-order valence-electron chi connectivity index (χ2n) is 3.02. The lowest BCUT2D eigenvalue weighted by molar-refractivity contribution is -0.0771. The first kappa shape index (κ1) is 8.75. The number of hydrogen-bond acceptors (Lipinski definition) is 2. The third kappa shape index (κ3) is 3.54. The first-order valence-electron chi connectivity index (χ1n) is 4.26. The van der Waals surface area contributed by atoms with Crippen molar-refractivity contribution in [3.8, 4) is 0 Å². The summed E-state index contributed by atoms with van der Waals surface area (Å²) < 4.78 is 5.07. The van der Waals surface area contributed by atoms with Gasteiger partial charge in [0.2, 0.25) is 0 Å². The van der Waals surface area contributed by atoms with E-state index in [1.807, 2.05) is 0 Å². The second-order valence-corrected chi connectivity index (χ2v) is 3.02. The predicted octanol–water partition coefficient (Wildman–Crippen LogP) is 1.84. The van der Waals surface area contributed by atoms with Crippen molar-refractivity contribution in [2.75, 3.05) is 6.61 Å². The van der Waals surface area contributed by atoms with E-state index in [9.17, 15) is 0 Å². The minimum atomic E-state index is -0.627. The lowest BCUT2D eigenvalue weighted by Gasteiger charge is -2.13. The second kappa shape index (κ2) is 4.52. The monoisotopic (exact) mass is 156 g/mol. The van der Waals surface area contributed by atoms with E-state index in [0.717, 1.165) is 6.42 Å². The van der Waals surface area contributed by atoms with Crippen LogP contribution in [0.25, 0.3) is 0 Å². The normalized spacial score (nSPS) is 21.1. The maximum Gasteiger partial charge on any atom is 0.152 e. The lowest BCUT2D eigenvalue weighted by atomic mass is 10.0. The number of ether oxygens (including phenoxy) is 1. The Balaban J connectivity index is 2.19. The molecule has 0 saturated carbocycles. The fourth-order valence-corrected chi connectivity index (χ4v) is 1.26. The van der Waals surface area contributed by atoms with Gasteiger partial charge in [0.05, 0.1) is 6.61 Å². The maximum absolute atomic E-state index is 8.83. The van der Waals surface area contributed by atoms with Gasteiger partial charge in [0, 0.05) is 0 Å². The highest BCUT2D eigenvalue weighted by atomic mass is 16.6. The topological polar surface area (TPSA) is 29.5 Å². The summed E-state index contributed by atoms with van der Waals surface area (Å²) >= 11 is 0. The highest BCUT2D eigenvalue weighted by Gasteiger charge is 2.04. The molecule has 64 valence electrons. The molecule has 2 nitrogen and oxygen atoms in total. The smallest absolute Gasteiger partial charge is 0.152 e. The summed E-state index contributed by atoms with van der Waals surface area (Å²) in [7, 11) is 0. The van der Waals surface area contributed by atoms with Gasteiger partial charge in [0.25, 0.3) is 0 Å². The Kier molecular flexibility index (Phi) is 3.60. The van der Waals surface area contributed by atoms with Gasteiger partial charge in [-0.2, -0.15) is 0 Å². The van der Waals surface area contributed by atoms with Crippen molar-refractivity contribution >= 4 is 0 Å². The van der Waals surface area contributed by atoms with Crippen molar-refractivity contribution in [1.82, 2.24) is 0 Å². The molecule has 1 rings (SSSR count). The van der Waals surface area contributed by atoms with Crippen LogP contribution in [0, 0.1) is 0 Å². The molecule has 1 N–H and O–H groups in total. The van der Waals surface area contributed by atoms with E-state index in [2.05, 4.69) is 6.08 Å². The molecule has 0 fully saturated rings. The first-order valence-corrected chi connectivity index (χ1v) is 4.26. The Labute approximate surface area is 67.9 Å². The lowest BCUT2D eigenvalue weighted by Crippen LogP contribution is -2.10. The number of rotatable bonds is 3. The molecule has 0 aromatic rings. The highest BCUT2D eigenvalue weighted by Crippen LogP contribution is 2.17. The zero-order chi connectivity index (χ0) is 8.10. The van der Waals surface area contributed by atoms with Crippen molar-refractivity contribution in [3.05, 3.63) is 11.6 Å². The molecule has 0 unspecified atom stereocenters. The van der Waals surface area contributed by atoms with E-state index in [0.29, 0.717) is 6.61 Å². The Hall–Kier alpha value is -0.340. The van der Waals surface area contributed by atoms with Crippen LogP contribution in [0.3, 0.4) is 0 Å². The average Bonchev–Trinajstić information content (AvgIpc) is 2.03. The van der Waals surface area contributed by atoms with Crippen molar-refractivity contribution in [1.29, 1.82) is 0 Å². The summed E-state index contributed by atoms with van der Waals surface area (Å²) in [5, 5.41) is 8.83. The average molecular weight is 156 g/mol. The Morgan fingerprint density at radius 3 is 3.00 bits per heavy atom. The van der Waals surface area contributed by atoms with Crippen LogP contribution >= 0.6 is 0 Å². The molecule has 0 aromatic carbocycles. The molecule has 0 bridgehead atoms. The molecule has 1 aliphatic carbocycles. The summed E-state index contributed by atoms with van der Waals surface area (Å²) in [6.45, 7) is 2.25. The summed E-state index contributed by atoms with van der Waals surface area (Å²) in [5.41, 5.74) is 1.34. The number of aliphatic hydroxyl groups is 1. The van der Waals surface area contributed by atoms with Crippen LogP contribution in [-0.2, 0) is 4.74 Å².